The zero-order chi connectivity index (χ0) is 16.3. The first-order chi connectivity index (χ1) is 11.1. The van der Waals surface area contributed by atoms with Gasteiger partial charge in [-0.1, -0.05) is 36.4 Å². The van der Waals surface area contributed by atoms with Crippen molar-refractivity contribution < 1.29 is 13.2 Å². The second-order valence-corrected chi connectivity index (χ2v) is 6.98. The van der Waals surface area contributed by atoms with Gasteiger partial charge in [0.05, 0.1) is 16.5 Å². The molecule has 3 rings (SSSR count). The van der Waals surface area contributed by atoms with Crippen molar-refractivity contribution in [2.45, 2.75) is 20.9 Å². The van der Waals surface area contributed by atoms with E-state index in [0.29, 0.717) is 0 Å². The molecular formula is C19H14F3S+. The third-order valence-corrected chi connectivity index (χ3v) is 5.61. The molecule has 0 aromatic heterocycles. The van der Waals surface area contributed by atoms with E-state index < -0.39 is 22.6 Å². The Morgan fingerprint density at radius 1 is 0.522 bits per heavy atom. The van der Waals surface area contributed by atoms with E-state index >= 15 is 0 Å². The van der Waals surface area contributed by atoms with Gasteiger partial charge in [-0.2, -0.15) is 13.2 Å². The monoisotopic (exact) mass is 331 g/mol. The van der Waals surface area contributed by atoms with E-state index in [1.165, 1.54) is 0 Å². The van der Waals surface area contributed by atoms with Gasteiger partial charge in [0.2, 0.25) is 0 Å². The van der Waals surface area contributed by atoms with Crippen molar-refractivity contribution in [3.63, 3.8) is 0 Å². The maximum Gasteiger partial charge on any atom is 0.416 e. The van der Waals surface area contributed by atoms with Gasteiger partial charge in [-0.3, -0.25) is 0 Å². The Morgan fingerprint density at radius 3 is 1.30 bits per heavy atom. The van der Waals surface area contributed by atoms with Gasteiger partial charge in [-0.15, -0.1) is 0 Å². The van der Waals surface area contributed by atoms with Crippen LogP contribution in [0, 0.1) is 0 Å². The molecule has 0 saturated carbocycles. The second-order valence-electron chi connectivity index (χ2n) is 4.95. The summed E-state index contributed by atoms with van der Waals surface area (Å²) in [5.74, 6) is 0. The molecule has 0 radical (unpaired) electrons. The topological polar surface area (TPSA) is 0 Å². The van der Waals surface area contributed by atoms with Crippen LogP contribution >= 0.6 is 0 Å². The molecule has 0 heterocycles. The second kappa shape index (κ2) is 6.50. The molecule has 0 aliphatic rings. The van der Waals surface area contributed by atoms with Gasteiger partial charge in [0.25, 0.3) is 0 Å². The summed E-state index contributed by atoms with van der Waals surface area (Å²) in [6, 6.07) is 25.1. The Morgan fingerprint density at radius 2 is 0.913 bits per heavy atom. The Bertz CT molecular complexity index is 711. The largest absolute Gasteiger partial charge is 0.416 e. The van der Waals surface area contributed by atoms with E-state index in [9.17, 15) is 13.2 Å². The normalized spacial score (nSPS) is 11.7. The lowest BCUT2D eigenvalue weighted by atomic mass is 10.2. The van der Waals surface area contributed by atoms with Gasteiger partial charge >= 0.3 is 6.18 Å². The fourth-order valence-electron chi connectivity index (χ4n) is 2.30. The van der Waals surface area contributed by atoms with E-state index in [1.807, 2.05) is 60.7 Å². The minimum Gasteiger partial charge on any atom is -0.166 e. The van der Waals surface area contributed by atoms with Crippen LogP contribution in [0.15, 0.2) is 99.6 Å². The van der Waals surface area contributed by atoms with E-state index in [0.717, 1.165) is 26.8 Å². The standard InChI is InChI=1S/C19H14F3S/c20-19(21,22)15-11-13-18(14-12-15)23(16-7-3-1-4-8-16)17-9-5-2-6-10-17/h1-14H/q+1. The first-order valence-corrected chi connectivity index (χ1v) is 8.30. The van der Waals surface area contributed by atoms with Crippen molar-refractivity contribution in [3.8, 4) is 0 Å². The number of benzene rings is 3. The molecule has 0 saturated heterocycles. The van der Waals surface area contributed by atoms with E-state index in [-0.39, 0.29) is 0 Å². The van der Waals surface area contributed by atoms with E-state index in [1.54, 1.807) is 12.1 Å². The van der Waals surface area contributed by atoms with Crippen molar-refractivity contribution in [3.05, 3.63) is 90.5 Å². The predicted octanol–water partition coefficient (Wildman–Crippen LogP) is 5.80. The molecular weight excluding hydrogens is 317 g/mol. The van der Waals surface area contributed by atoms with Crippen molar-refractivity contribution in [1.29, 1.82) is 0 Å². The highest BCUT2D eigenvalue weighted by molar-refractivity contribution is 7.97. The number of hydrogen-bond acceptors (Lipinski definition) is 0. The molecule has 0 amide bonds. The molecule has 0 N–H and O–H groups in total. The molecule has 0 unspecified atom stereocenters. The molecule has 0 spiro atoms. The first kappa shape index (κ1) is 15.7. The van der Waals surface area contributed by atoms with Crippen LogP contribution in [-0.2, 0) is 17.1 Å². The molecule has 0 atom stereocenters. The lowest BCUT2D eigenvalue weighted by Gasteiger charge is -2.10. The highest BCUT2D eigenvalue weighted by Gasteiger charge is 2.33. The van der Waals surface area contributed by atoms with Crippen LogP contribution in [0.25, 0.3) is 0 Å². The number of alkyl halides is 3. The van der Waals surface area contributed by atoms with E-state index in [4.69, 9.17) is 0 Å². The van der Waals surface area contributed by atoms with Crippen LogP contribution in [-0.4, -0.2) is 0 Å². The molecule has 0 fully saturated rings. The quantitative estimate of drug-likeness (QED) is 0.532. The van der Waals surface area contributed by atoms with Crippen LogP contribution in [0.1, 0.15) is 5.56 Å². The molecule has 116 valence electrons. The summed E-state index contributed by atoms with van der Waals surface area (Å²) in [4.78, 5) is 3.03. The Hall–Kier alpha value is -2.20. The molecule has 0 aliphatic heterocycles. The summed E-state index contributed by atoms with van der Waals surface area (Å²) >= 11 is 0. The van der Waals surface area contributed by atoms with Gasteiger partial charge in [0, 0.05) is 0 Å². The minimum atomic E-state index is -4.31. The summed E-state index contributed by atoms with van der Waals surface area (Å²) < 4.78 is 38.3. The maximum absolute atomic E-state index is 12.8. The summed E-state index contributed by atoms with van der Waals surface area (Å²) in [5.41, 5.74) is -0.620. The third-order valence-electron chi connectivity index (χ3n) is 3.38. The Labute approximate surface area is 135 Å². The van der Waals surface area contributed by atoms with Gasteiger partial charge in [0.1, 0.15) is 0 Å². The van der Waals surface area contributed by atoms with Gasteiger partial charge in [-0.05, 0) is 48.5 Å². The zero-order valence-electron chi connectivity index (χ0n) is 12.1. The van der Waals surface area contributed by atoms with Crippen molar-refractivity contribution in [2.24, 2.45) is 0 Å². The molecule has 4 heteroatoms. The van der Waals surface area contributed by atoms with Gasteiger partial charge in [0.15, 0.2) is 14.7 Å². The Balaban J connectivity index is 2.06. The number of hydrogen-bond donors (Lipinski definition) is 0. The Kier molecular flexibility index (Phi) is 4.44. The SMILES string of the molecule is FC(F)(F)c1ccc([S+](c2ccccc2)c2ccccc2)cc1. The highest BCUT2D eigenvalue weighted by atomic mass is 32.2. The van der Waals surface area contributed by atoms with Crippen molar-refractivity contribution >= 4 is 10.9 Å². The van der Waals surface area contributed by atoms with E-state index in [2.05, 4.69) is 0 Å². The molecule has 3 aromatic carbocycles. The molecule has 0 nitrogen and oxygen atoms in total. The first-order valence-electron chi connectivity index (χ1n) is 7.07. The van der Waals surface area contributed by atoms with Crippen LogP contribution in [0.5, 0.6) is 0 Å². The summed E-state index contributed by atoms with van der Waals surface area (Å²) in [5, 5.41) is 0. The summed E-state index contributed by atoms with van der Waals surface area (Å²) in [7, 11) is -0.417. The zero-order valence-corrected chi connectivity index (χ0v) is 12.9. The molecule has 23 heavy (non-hydrogen) atoms. The van der Waals surface area contributed by atoms with Crippen LogP contribution in [0.4, 0.5) is 13.2 Å². The van der Waals surface area contributed by atoms with Crippen LogP contribution in [0.3, 0.4) is 0 Å². The fourth-order valence-corrected chi connectivity index (χ4v) is 4.38. The summed E-state index contributed by atoms with van der Waals surface area (Å²) in [6.07, 6.45) is -4.31. The predicted molar refractivity (Wildman–Crippen MR) is 86.5 cm³/mol. The highest BCUT2D eigenvalue weighted by Crippen LogP contribution is 2.34. The van der Waals surface area contributed by atoms with Gasteiger partial charge in [-0.25, -0.2) is 0 Å². The molecule has 3 aromatic rings. The average Bonchev–Trinajstić information content (AvgIpc) is 2.57. The molecule has 0 aliphatic carbocycles. The fraction of sp³-hybridized carbons (Fsp3) is 0.0526. The van der Waals surface area contributed by atoms with Crippen molar-refractivity contribution in [2.75, 3.05) is 0 Å². The van der Waals surface area contributed by atoms with Crippen molar-refractivity contribution in [1.82, 2.24) is 0 Å². The average molecular weight is 331 g/mol. The van der Waals surface area contributed by atoms with Crippen LogP contribution in [0.2, 0.25) is 0 Å². The summed E-state index contributed by atoms with van der Waals surface area (Å²) in [6.45, 7) is 0. The smallest absolute Gasteiger partial charge is 0.166 e. The maximum atomic E-state index is 12.8. The minimum absolute atomic E-state index is 0.417. The number of halogens is 3. The lowest BCUT2D eigenvalue weighted by molar-refractivity contribution is -0.137. The number of rotatable bonds is 3. The third kappa shape index (κ3) is 3.59. The lowest BCUT2D eigenvalue weighted by Crippen LogP contribution is -2.07. The van der Waals surface area contributed by atoms with Crippen LogP contribution < -0.4 is 0 Å². The van der Waals surface area contributed by atoms with Gasteiger partial charge < -0.3 is 0 Å². The molecule has 0 bridgehead atoms.